The second-order valence-corrected chi connectivity index (χ2v) is 5.84. The van der Waals surface area contributed by atoms with Gasteiger partial charge in [-0.15, -0.1) is 0 Å². The van der Waals surface area contributed by atoms with E-state index in [-0.39, 0.29) is 24.0 Å². The monoisotopic (exact) mass is 238 g/mol. The zero-order valence-corrected chi connectivity index (χ0v) is 10.2. The smallest absolute Gasteiger partial charge is 0.223 e. The number of rotatable bonds is 2. The molecular weight excluding hydrogens is 216 g/mol. The predicted molar refractivity (Wildman–Crippen MR) is 64.4 cm³/mol. The van der Waals surface area contributed by atoms with Gasteiger partial charge < -0.3 is 15.8 Å². The zero-order valence-electron chi connectivity index (χ0n) is 10.2. The molecule has 4 nitrogen and oxygen atoms in total. The van der Waals surface area contributed by atoms with Crippen molar-refractivity contribution in [3.05, 3.63) is 0 Å². The third-order valence-electron chi connectivity index (χ3n) is 4.58. The van der Waals surface area contributed by atoms with E-state index in [4.69, 9.17) is 10.5 Å². The summed E-state index contributed by atoms with van der Waals surface area (Å²) in [5.41, 5.74) is 5.86. The van der Waals surface area contributed by atoms with Crippen molar-refractivity contribution in [3.63, 3.8) is 0 Å². The fourth-order valence-corrected chi connectivity index (χ4v) is 3.47. The highest BCUT2D eigenvalue weighted by atomic mass is 16.5. The van der Waals surface area contributed by atoms with E-state index >= 15 is 0 Å². The lowest BCUT2D eigenvalue weighted by atomic mass is 9.85. The van der Waals surface area contributed by atoms with Crippen LogP contribution in [-0.4, -0.2) is 30.2 Å². The molecule has 3 rings (SSSR count). The van der Waals surface area contributed by atoms with Crippen molar-refractivity contribution in [1.82, 2.24) is 5.32 Å². The number of hydrogen-bond acceptors (Lipinski definition) is 3. The summed E-state index contributed by atoms with van der Waals surface area (Å²) in [6.07, 6.45) is 7.89. The van der Waals surface area contributed by atoms with Gasteiger partial charge in [0.2, 0.25) is 5.91 Å². The van der Waals surface area contributed by atoms with Crippen LogP contribution in [0.4, 0.5) is 0 Å². The van der Waals surface area contributed by atoms with Crippen LogP contribution in [0.5, 0.6) is 0 Å². The van der Waals surface area contributed by atoms with Crippen LogP contribution in [0.25, 0.3) is 0 Å². The number of hydrogen-bond donors (Lipinski definition) is 2. The quantitative estimate of drug-likeness (QED) is 0.752. The molecule has 3 atom stereocenters. The Morgan fingerprint density at radius 3 is 2.47 bits per heavy atom. The molecule has 4 heteroatoms. The van der Waals surface area contributed by atoms with E-state index in [0.29, 0.717) is 12.1 Å². The highest BCUT2D eigenvalue weighted by Crippen LogP contribution is 2.34. The van der Waals surface area contributed by atoms with Crippen molar-refractivity contribution in [1.29, 1.82) is 0 Å². The third-order valence-corrected chi connectivity index (χ3v) is 4.58. The van der Waals surface area contributed by atoms with Gasteiger partial charge in [-0.3, -0.25) is 4.79 Å². The topological polar surface area (TPSA) is 64.4 Å². The minimum absolute atomic E-state index is 0.189. The van der Waals surface area contributed by atoms with Crippen LogP contribution in [0.15, 0.2) is 0 Å². The molecule has 0 aromatic carbocycles. The molecule has 2 aliphatic heterocycles. The van der Waals surface area contributed by atoms with Gasteiger partial charge in [0.15, 0.2) is 0 Å². The fourth-order valence-electron chi connectivity index (χ4n) is 3.47. The number of carbonyl (C=O) groups excluding carboxylic acids is 1. The van der Waals surface area contributed by atoms with E-state index in [0.717, 1.165) is 38.5 Å². The van der Waals surface area contributed by atoms with E-state index in [1.54, 1.807) is 0 Å². The number of ether oxygens (including phenoxy) is 1. The number of fused-ring (bicyclic) bond motifs is 2. The molecule has 2 heterocycles. The Morgan fingerprint density at radius 1 is 1.12 bits per heavy atom. The van der Waals surface area contributed by atoms with Crippen LogP contribution in [0.1, 0.15) is 44.9 Å². The maximum atomic E-state index is 12.1. The zero-order chi connectivity index (χ0) is 11.8. The summed E-state index contributed by atoms with van der Waals surface area (Å²) in [7, 11) is 0. The summed E-state index contributed by atoms with van der Waals surface area (Å²) in [5.74, 6) is 0.423. The van der Waals surface area contributed by atoms with Crippen LogP contribution >= 0.6 is 0 Å². The summed E-state index contributed by atoms with van der Waals surface area (Å²) in [6.45, 7) is 0. The van der Waals surface area contributed by atoms with Gasteiger partial charge >= 0.3 is 0 Å². The third kappa shape index (κ3) is 2.33. The standard InChI is InChI=1S/C13H22N2O2/c14-9-3-1-8(2-4-9)13(16)15-11-7-10-5-6-12(11)17-10/h8-12H,1-7,14H2,(H,15,16). The van der Waals surface area contributed by atoms with Gasteiger partial charge in [-0.1, -0.05) is 0 Å². The van der Waals surface area contributed by atoms with Crippen LogP contribution in [0.2, 0.25) is 0 Å². The van der Waals surface area contributed by atoms with Crippen molar-refractivity contribution < 1.29 is 9.53 Å². The minimum atomic E-state index is 0.189. The molecule has 17 heavy (non-hydrogen) atoms. The molecule has 0 spiro atoms. The summed E-state index contributed by atoms with van der Waals surface area (Å²) in [5, 5.41) is 3.19. The van der Waals surface area contributed by atoms with Gasteiger partial charge in [0.25, 0.3) is 0 Å². The SMILES string of the molecule is NC1CCC(C(=O)NC2CC3CCC2O3)CC1. The Labute approximate surface area is 102 Å². The van der Waals surface area contributed by atoms with Crippen LogP contribution in [0.3, 0.4) is 0 Å². The largest absolute Gasteiger partial charge is 0.373 e. The number of nitrogens with two attached hydrogens (primary N) is 1. The van der Waals surface area contributed by atoms with E-state index in [1.165, 1.54) is 6.42 Å². The molecule has 2 bridgehead atoms. The molecule has 1 saturated carbocycles. The molecule has 3 unspecified atom stereocenters. The number of nitrogens with one attached hydrogen (secondary N) is 1. The maximum Gasteiger partial charge on any atom is 0.223 e. The minimum Gasteiger partial charge on any atom is -0.373 e. The van der Waals surface area contributed by atoms with Gasteiger partial charge in [0.05, 0.1) is 18.2 Å². The van der Waals surface area contributed by atoms with E-state index in [1.807, 2.05) is 0 Å². The van der Waals surface area contributed by atoms with E-state index < -0.39 is 0 Å². The van der Waals surface area contributed by atoms with Crippen molar-refractivity contribution >= 4 is 5.91 Å². The summed E-state index contributed by atoms with van der Waals surface area (Å²) in [4.78, 5) is 12.1. The van der Waals surface area contributed by atoms with Gasteiger partial charge in [0.1, 0.15) is 0 Å². The summed E-state index contributed by atoms with van der Waals surface area (Å²) < 4.78 is 5.76. The Hall–Kier alpha value is -0.610. The van der Waals surface area contributed by atoms with Crippen LogP contribution in [-0.2, 0) is 9.53 Å². The van der Waals surface area contributed by atoms with Gasteiger partial charge in [-0.25, -0.2) is 0 Å². The molecule has 1 aliphatic carbocycles. The summed E-state index contributed by atoms with van der Waals surface area (Å²) in [6, 6.07) is 0.585. The number of amides is 1. The molecule has 0 aromatic rings. The van der Waals surface area contributed by atoms with Gasteiger partial charge in [0, 0.05) is 12.0 Å². The molecule has 3 N–H and O–H groups in total. The second-order valence-electron chi connectivity index (χ2n) is 5.84. The van der Waals surface area contributed by atoms with E-state index in [9.17, 15) is 4.79 Å². The lowest BCUT2D eigenvalue weighted by Crippen LogP contribution is -2.45. The molecular formula is C13H22N2O2. The molecule has 3 fully saturated rings. The van der Waals surface area contributed by atoms with E-state index in [2.05, 4.69) is 5.32 Å². The Balaban J connectivity index is 1.50. The first-order chi connectivity index (χ1) is 8.22. The summed E-state index contributed by atoms with van der Waals surface area (Å²) >= 11 is 0. The molecule has 0 aromatic heterocycles. The molecule has 3 aliphatic rings. The van der Waals surface area contributed by atoms with Crippen molar-refractivity contribution in [2.24, 2.45) is 11.7 Å². The second kappa shape index (κ2) is 4.58. The first-order valence-corrected chi connectivity index (χ1v) is 6.94. The van der Waals surface area contributed by atoms with Crippen LogP contribution in [0, 0.1) is 5.92 Å². The van der Waals surface area contributed by atoms with Crippen molar-refractivity contribution in [2.75, 3.05) is 0 Å². The van der Waals surface area contributed by atoms with Crippen LogP contribution < -0.4 is 11.1 Å². The molecule has 96 valence electrons. The average molecular weight is 238 g/mol. The Morgan fingerprint density at radius 2 is 1.88 bits per heavy atom. The molecule has 1 amide bonds. The highest BCUT2D eigenvalue weighted by molar-refractivity contribution is 5.79. The first-order valence-electron chi connectivity index (χ1n) is 6.94. The maximum absolute atomic E-state index is 12.1. The van der Waals surface area contributed by atoms with Crippen molar-refractivity contribution in [3.8, 4) is 0 Å². The lowest BCUT2D eigenvalue weighted by Gasteiger charge is -2.28. The van der Waals surface area contributed by atoms with Gasteiger partial charge in [-0.05, 0) is 44.9 Å². The van der Waals surface area contributed by atoms with Gasteiger partial charge in [-0.2, -0.15) is 0 Å². The molecule has 0 radical (unpaired) electrons. The highest BCUT2D eigenvalue weighted by Gasteiger charge is 2.42. The number of carbonyl (C=O) groups is 1. The Kier molecular flexibility index (Phi) is 3.09. The van der Waals surface area contributed by atoms with Crippen molar-refractivity contribution in [2.45, 2.75) is 69.2 Å². The average Bonchev–Trinajstić information content (AvgIpc) is 2.91. The predicted octanol–water partition coefficient (Wildman–Crippen LogP) is 0.940. The normalized spacial score (nSPS) is 44.9. The first kappa shape index (κ1) is 11.5. The Bertz CT molecular complexity index is 300. The molecule has 2 saturated heterocycles. The fraction of sp³-hybridized carbons (Fsp3) is 0.923. The lowest BCUT2D eigenvalue weighted by molar-refractivity contribution is -0.127.